The van der Waals surface area contributed by atoms with Crippen molar-refractivity contribution in [2.75, 3.05) is 0 Å². The maximum absolute atomic E-state index is 11.2. The van der Waals surface area contributed by atoms with Crippen molar-refractivity contribution in [3.8, 4) is 17.6 Å². The van der Waals surface area contributed by atoms with Crippen LogP contribution in [-0.4, -0.2) is 9.85 Å². The Hall–Kier alpha value is -4.51. The predicted octanol–water partition coefficient (Wildman–Crippen LogP) is 5.67. The summed E-state index contributed by atoms with van der Waals surface area (Å²) in [4.78, 5) is 20.6. The molecule has 0 saturated heterocycles. The molecule has 8 nitrogen and oxygen atoms in total. The monoisotopic (exact) mass is 401 g/mol. The number of nitro benzene ring substituents is 2. The lowest BCUT2D eigenvalue weighted by Gasteiger charge is -2.07. The third kappa shape index (κ3) is 4.66. The van der Waals surface area contributed by atoms with Crippen molar-refractivity contribution in [2.24, 2.45) is 0 Å². The first-order valence-corrected chi connectivity index (χ1v) is 8.77. The zero-order valence-corrected chi connectivity index (χ0v) is 15.8. The summed E-state index contributed by atoms with van der Waals surface area (Å²) in [6.45, 7) is 1.97. The van der Waals surface area contributed by atoms with Gasteiger partial charge in [-0.2, -0.15) is 5.26 Å². The van der Waals surface area contributed by atoms with Gasteiger partial charge in [-0.3, -0.25) is 20.2 Å². The molecule has 0 atom stereocenters. The first kappa shape index (κ1) is 20.2. The van der Waals surface area contributed by atoms with Crippen LogP contribution < -0.4 is 4.74 Å². The van der Waals surface area contributed by atoms with Gasteiger partial charge < -0.3 is 4.74 Å². The number of benzene rings is 3. The lowest BCUT2D eigenvalue weighted by Crippen LogP contribution is -1.96. The summed E-state index contributed by atoms with van der Waals surface area (Å²) in [6.07, 6.45) is 1.72. The average Bonchev–Trinajstić information content (AvgIpc) is 2.74. The second-order valence-electron chi connectivity index (χ2n) is 6.37. The van der Waals surface area contributed by atoms with Crippen molar-refractivity contribution in [3.05, 3.63) is 104 Å². The zero-order valence-electron chi connectivity index (χ0n) is 15.8. The normalized spacial score (nSPS) is 10.9. The van der Waals surface area contributed by atoms with Crippen LogP contribution in [0.4, 0.5) is 11.4 Å². The molecule has 3 aromatic rings. The van der Waals surface area contributed by atoms with Crippen LogP contribution in [0.5, 0.6) is 11.5 Å². The molecule has 3 aromatic carbocycles. The van der Waals surface area contributed by atoms with Crippen LogP contribution in [0.15, 0.2) is 66.7 Å². The third-order valence-electron chi connectivity index (χ3n) is 4.25. The summed E-state index contributed by atoms with van der Waals surface area (Å²) in [5, 5.41) is 31.5. The Balaban J connectivity index is 1.84. The second kappa shape index (κ2) is 8.67. The molecule has 148 valence electrons. The number of aryl methyl sites for hydroxylation is 1. The minimum Gasteiger partial charge on any atom is -0.450 e. The fourth-order valence-electron chi connectivity index (χ4n) is 2.69. The van der Waals surface area contributed by atoms with Crippen LogP contribution in [0.2, 0.25) is 0 Å². The minimum absolute atomic E-state index is 0.105. The van der Waals surface area contributed by atoms with Crippen molar-refractivity contribution in [3.63, 3.8) is 0 Å². The second-order valence-corrected chi connectivity index (χ2v) is 6.37. The Morgan fingerprint density at radius 2 is 1.63 bits per heavy atom. The molecule has 0 radical (unpaired) electrons. The number of ether oxygens (including phenoxy) is 1. The van der Waals surface area contributed by atoms with Crippen LogP contribution in [0.3, 0.4) is 0 Å². The Bertz CT molecular complexity index is 1180. The zero-order chi connectivity index (χ0) is 21.7. The highest BCUT2D eigenvalue weighted by molar-refractivity contribution is 5.89. The summed E-state index contributed by atoms with van der Waals surface area (Å²) >= 11 is 0. The molecule has 0 saturated carbocycles. The molecule has 30 heavy (non-hydrogen) atoms. The maximum atomic E-state index is 11.2. The molecular weight excluding hydrogens is 386 g/mol. The molecule has 0 bridgehead atoms. The van der Waals surface area contributed by atoms with E-state index in [9.17, 15) is 25.5 Å². The predicted molar refractivity (Wildman–Crippen MR) is 111 cm³/mol. The molecule has 0 aliphatic heterocycles. The summed E-state index contributed by atoms with van der Waals surface area (Å²) < 4.78 is 5.54. The van der Waals surface area contributed by atoms with E-state index in [1.165, 1.54) is 6.07 Å². The van der Waals surface area contributed by atoms with Crippen LogP contribution >= 0.6 is 0 Å². The van der Waals surface area contributed by atoms with Crippen molar-refractivity contribution in [2.45, 2.75) is 6.92 Å². The van der Waals surface area contributed by atoms with Crippen molar-refractivity contribution < 1.29 is 14.6 Å². The van der Waals surface area contributed by atoms with E-state index in [2.05, 4.69) is 6.07 Å². The maximum Gasteiger partial charge on any atom is 0.318 e. The highest BCUT2D eigenvalue weighted by atomic mass is 16.6. The quantitative estimate of drug-likeness (QED) is 0.227. The lowest BCUT2D eigenvalue weighted by molar-refractivity contribution is -0.394. The van der Waals surface area contributed by atoms with Gasteiger partial charge in [0, 0.05) is 6.07 Å². The van der Waals surface area contributed by atoms with Crippen LogP contribution in [0.1, 0.15) is 16.7 Å². The van der Waals surface area contributed by atoms with Gasteiger partial charge in [0.2, 0.25) is 5.75 Å². The molecule has 0 amide bonds. The lowest BCUT2D eigenvalue weighted by atomic mass is 10.0. The van der Waals surface area contributed by atoms with Gasteiger partial charge in [-0.1, -0.05) is 42.0 Å². The van der Waals surface area contributed by atoms with E-state index in [-0.39, 0.29) is 5.75 Å². The Morgan fingerprint density at radius 3 is 2.20 bits per heavy atom. The molecular formula is C22H15N3O5. The Labute approximate surface area is 171 Å². The van der Waals surface area contributed by atoms with Gasteiger partial charge in [-0.15, -0.1) is 0 Å². The number of hydrogen-bond acceptors (Lipinski definition) is 6. The SMILES string of the molecule is Cc1ccc(/C(C#N)=C\c2ccc(Oc3ccc([N+](=O)[O-])cc3[N+](=O)[O-])cc2)cc1. The van der Waals surface area contributed by atoms with E-state index in [4.69, 9.17) is 4.74 Å². The molecule has 0 N–H and O–H groups in total. The Kier molecular flexibility index (Phi) is 5.84. The highest BCUT2D eigenvalue weighted by Crippen LogP contribution is 2.34. The van der Waals surface area contributed by atoms with Gasteiger partial charge in [0.05, 0.1) is 27.6 Å². The first-order valence-electron chi connectivity index (χ1n) is 8.77. The van der Waals surface area contributed by atoms with Crippen LogP contribution in [0.25, 0.3) is 11.6 Å². The van der Waals surface area contributed by atoms with Crippen LogP contribution in [0, 0.1) is 38.5 Å². The largest absolute Gasteiger partial charge is 0.450 e. The number of nitriles is 1. The number of nitro groups is 2. The standard InChI is InChI=1S/C22H15N3O5/c1-15-2-6-17(7-3-15)18(14-23)12-16-4-9-20(10-5-16)30-22-11-8-19(24(26)27)13-21(22)25(28)29/h2-13H,1H3/b18-12-. The molecule has 0 aromatic heterocycles. The smallest absolute Gasteiger partial charge is 0.318 e. The van der Waals surface area contributed by atoms with E-state index in [0.717, 1.165) is 28.8 Å². The molecule has 3 rings (SSSR count). The van der Waals surface area contributed by atoms with E-state index < -0.39 is 21.2 Å². The van der Waals surface area contributed by atoms with Gasteiger partial charge in [0.1, 0.15) is 5.75 Å². The van der Waals surface area contributed by atoms with Gasteiger partial charge >= 0.3 is 5.69 Å². The van der Waals surface area contributed by atoms with Crippen molar-refractivity contribution >= 4 is 23.0 Å². The number of hydrogen-bond donors (Lipinski definition) is 0. The Morgan fingerprint density at radius 1 is 0.967 bits per heavy atom. The fourth-order valence-corrected chi connectivity index (χ4v) is 2.69. The fraction of sp³-hybridized carbons (Fsp3) is 0.0455. The van der Waals surface area contributed by atoms with E-state index in [1.54, 1.807) is 30.3 Å². The molecule has 0 unspecified atom stereocenters. The number of nitrogens with zero attached hydrogens (tertiary/aromatic N) is 3. The van der Waals surface area contributed by atoms with Gasteiger partial charge in [0.15, 0.2) is 0 Å². The molecule has 0 fully saturated rings. The summed E-state index contributed by atoms with van der Waals surface area (Å²) in [5.74, 6) is 0.212. The summed E-state index contributed by atoms with van der Waals surface area (Å²) in [7, 11) is 0. The van der Waals surface area contributed by atoms with Crippen molar-refractivity contribution in [1.82, 2.24) is 0 Å². The summed E-state index contributed by atoms with van der Waals surface area (Å²) in [6, 6.07) is 19.6. The minimum atomic E-state index is -0.736. The summed E-state index contributed by atoms with van der Waals surface area (Å²) in [5.41, 5.74) is 2.24. The van der Waals surface area contributed by atoms with E-state index in [0.29, 0.717) is 11.3 Å². The van der Waals surface area contributed by atoms with Gasteiger partial charge in [-0.05, 0) is 42.3 Å². The van der Waals surface area contributed by atoms with E-state index in [1.807, 2.05) is 31.2 Å². The average molecular weight is 401 g/mol. The van der Waals surface area contributed by atoms with Gasteiger partial charge in [0.25, 0.3) is 5.69 Å². The van der Waals surface area contributed by atoms with Crippen LogP contribution in [-0.2, 0) is 0 Å². The number of non-ortho nitro benzene ring substituents is 1. The molecule has 0 aliphatic rings. The first-order chi connectivity index (χ1) is 14.4. The number of rotatable bonds is 6. The number of allylic oxidation sites excluding steroid dienone is 1. The van der Waals surface area contributed by atoms with E-state index >= 15 is 0 Å². The topological polar surface area (TPSA) is 119 Å². The highest BCUT2D eigenvalue weighted by Gasteiger charge is 2.21. The van der Waals surface area contributed by atoms with Crippen molar-refractivity contribution in [1.29, 1.82) is 5.26 Å². The van der Waals surface area contributed by atoms with Gasteiger partial charge in [-0.25, -0.2) is 0 Å². The molecule has 0 aliphatic carbocycles. The molecule has 0 heterocycles. The molecule has 0 spiro atoms. The third-order valence-corrected chi connectivity index (χ3v) is 4.25. The molecule has 8 heteroatoms.